The Morgan fingerprint density at radius 2 is 1.65 bits per heavy atom. The highest BCUT2D eigenvalue weighted by atomic mass is 32.2. The second-order valence-corrected chi connectivity index (χ2v) is 8.38. The second-order valence-electron chi connectivity index (χ2n) is 4.54. The van der Waals surface area contributed by atoms with E-state index < -0.39 is 25.7 Å². The number of hydrogen-bond donors (Lipinski definition) is 0. The molecule has 0 aromatic carbocycles. The van der Waals surface area contributed by atoms with Crippen LogP contribution in [0.2, 0.25) is 0 Å². The normalized spacial score (nSPS) is 22.5. The molecule has 6 nitrogen and oxygen atoms in total. The predicted octanol–water partition coefficient (Wildman–Crippen LogP) is 0.167. The molecule has 0 bridgehead atoms. The summed E-state index contributed by atoms with van der Waals surface area (Å²) in [5.74, 6) is -0.0711. The molecule has 0 aliphatic carbocycles. The molecule has 0 N–H and O–H groups in total. The average molecular weight is 285 g/mol. The molecule has 102 valence electrons. The first-order valence-corrected chi connectivity index (χ1v) is 8.89. The summed E-state index contributed by atoms with van der Waals surface area (Å²) in [5.41, 5.74) is -0.782. The van der Waals surface area contributed by atoms with Gasteiger partial charge in [0.05, 0.1) is 17.6 Å². The first-order chi connectivity index (χ1) is 7.58. The monoisotopic (exact) mass is 285 g/mol. The quantitative estimate of drug-likeness (QED) is 0.688. The van der Waals surface area contributed by atoms with Crippen molar-refractivity contribution in [1.29, 1.82) is 0 Å². The fraction of sp³-hybridized carbons (Fsp3) is 1.00. The SMILES string of the molecule is CCS(=O)(=O)OC1(C)CCN(S(C)(=O)=O)CC1. The minimum Gasteiger partial charge on any atom is -0.264 e. The Labute approximate surface area is 103 Å². The maximum atomic E-state index is 11.4. The van der Waals surface area contributed by atoms with E-state index in [0.29, 0.717) is 25.9 Å². The molecule has 0 radical (unpaired) electrons. The van der Waals surface area contributed by atoms with E-state index >= 15 is 0 Å². The van der Waals surface area contributed by atoms with E-state index in [1.54, 1.807) is 6.92 Å². The molecule has 1 saturated heterocycles. The van der Waals surface area contributed by atoms with Crippen LogP contribution in [0.4, 0.5) is 0 Å². The largest absolute Gasteiger partial charge is 0.267 e. The van der Waals surface area contributed by atoms with Gasteiger partial charge in [-0.2, -0.15) is 8.42 Å². The van der Waals surface area contributed by atoms with Gasteiger partial charge in [0.1, 0.15) is 0 Å². The van der Waals surface area contributed by atoms with E-state index in [-0.39, 0.29) is 5.75 Å². The van der Waals surface area contributed by atoms with Crippen LogP contribution < -0.4 is 0 Å². The second kappa shape index (κ2) is 4.83. The van der Waals surface area contributed by atoms with E-state index in [9.17, 15) is 16.8 Å². The fourth-order valence-electron chi connectivity index (χ4n) is 1.74. The molecule has 0 saturated carbocycles. The zero-order chi connectivity index (χ0) is 13.3. The van der Waals surface area contributed by atoms with Crippen LogP contribution in [0.3, 0.4) is 0 Å². The highest BCUT2D eigenvalue weighted by molar-refractivity contribution is 7.88. The minimum absolute atomic E-state index is 0.0711. The van der Waals surface area contributed by atoms with Crippen LogP contribution in [0.1, 0.15) is 26.7 Å². The van der Waals surface area contributed by atoms with E-state index in [2.05, 4.69) is 0 Å². The van der Waals surface area contributed by atoms with Crippen LogP contribution >= 0.6 is 0 Å². The van der Waals surface area contributed by atoms with Gasteiger partial charge >= 0.3 is 0 Å². The summed E-state index contributed by atoms with van der Waals surface area (Å²) in [7, 11) is -6.70. The Balaban J connectivity index is 2.68. The molecule has 0 atom stereocenters. The standard InChI is InChI=1S/C9H19NO5S2/c1-4-17(13,14)15-9(2)5-7-10(8-6-9)16(3,11)12/h4-8H2,1-3H3. The molecule has 1 aliphatic rings. The van der Waals surface area contributed by atoms with Crippen LogP contribution in [-0.2, 0) is 24.3 Å². The van der Waals surface area contributed by atoms with Gasteiger partial charge < -0.3 is 0 Å². The maximum Gasteiger partial charge on any atom is 0.267 e. The zero-order valence-corrected chi connectivity index (χ0v) is 12.0. The molecule has 0 aromatic rings. The van der Waals surface area contributed by atoms with E-state index in [0.717, 1.165) is 6.26 Å². The lowest BCUT2D eigenvalue weighted by Gasteiger charge is -2.37. The Hall–Kier alpha value is -0.180. The van der Waals surface area contributed by atoms with Crippen LogP contribution in [-0.4, -0.2) is 51.8 Å². The van der Waals surface area contributed by atoms with Crippen molar-refractivity contribution in [1.82, 2.24) is 4.31 Å². The highest BCUT2D eigenvalue weighted by Gasteiger charge is 2.37. The molecule has 8 heteroatoms. The highest BCUT2D eigenvalue weighted by Crippen LogP contribution is 2.28. The van der Waals surface area contributed by atoms with Gasteiger partial charge in [-0.15, -0.1) is 0 Å². The molecule has 1 rings (SSSR count). The minimum atomic E-state index is -3.50. The topological polar surface area (TPSA) is 80.8 Å². The number of nitrogens with zero attached hydrogens (tertiary/aromatic N) is 1. The van der Waals surface area contributed by atoms with E-state index in [4.69, 9.17) is 4.18 Å². The molecular formula is C9H19NO5S2. The van der Waals surface area contributed by atoms with Gasteiger partial charge in [0, 0.05) is 13.1 Å². The van der Waals surface area contributed by atoms with Crippen LogP contribution in [0, 0.1) is 0 Å². The van der Waals surface area contributed by atoms with Gasteiger partial charge in [-0.1, -0.05) is 0 Å². The lowest BCUT2D eigenvalue weighted by Crippen LogP contribution is -2.47. The van der Waals surface area contributed by atoms with Gasteiger partial charge in [0.25, 0.3) is 10.1 Å². The molecule has 0 aromatic heterocycles. The van der Waals surface area contributed by atoms with Gasteiger partial charge in [0.15, 0.2) is 0 Å². The summed E-state index contributed by atoms with van der Waals surface area (Å²) < 4.78 is 51.9. The third-order valence-corrected chi connectivity index (χ3v) is 5.60. The van der Waals surface area contributed by atoms with Crippen LogP contribution in [0.5, 0.6) is 0 Å². The summed E-state index contributed by atoms with van der Waals surface area (Å²) >= 11 is 0. The number of hydrogen-bond acceptors (Lipinski definition) is 5. The van der Waals surface area contributed by atoms with Gasteiger partial charge in [0.2, 0.25) is 10.0 Å². The van der Waals surface area contributed by atoms with E-state index in [1.165, 1.54) is 11.2 Å². The smallest absolute Gasteiger partial charge is 0.264 e. The lowest BCUT2D eigenvalue weighted by molar-refractivity contribution is 0.0441. The molecule has 17 heavy (non-hydrogen) atoms. The zero-order valence-electron chi connectivity index (χ0n) is 10.3. The number of rotatable bonds is 4. The Morgan fingerprint density at radius 1 is 1.18 bits per heavy atom. The molecule has 1 fully saturated rings. The first-order valence-electron chi connectivity index (χ1n) is 5.46. The van der Waals surface area contributed by atoms with Gasteiger partial charge in [-0.3, -0.25) is 4.18 Å². The van der Waals surface area contributed by atoms with Crippen molar-refractivity contribution in [3.63, 3.8) is 0 Å². The number of sulfonamides is 1. The van der Waals surface area contributed by atoms with Crippen molar-refractivity contribution in [3.05, 3.63) is 0 Å². The van der Waals surface area contributed by atoms with Crippen molar-refractivity contribution >= 4 is 20.1 Å². The van der Waals surface area contributed by atoms with Crippen molar-refractivity contribution < 1.29 is 21.0 Å². The Morgan fingerprint density at radius 3 is 2.00 bits per heavy atom. The molecule has 0 unspecified atom stereocenters. The van der Waals surface area contributed by atoms with Crippen molar-refractivity contribution in [3.8, 4) is 0 Å². The summed E-state index contributed by atoms with van der Waals surface area (Å²) in [6.45, 7) is 3.83. The summed E-state index contributed by atoms with van der Waals surface area (Å²) in [6, 6.07) is 0. The Kier molecular flexibility index (Phi) is 4.23. The Bertz CT molecular complexity index is 460. The van der Waals surface area contributed by atoms with Crippen molar-refractivity contribution in [2.45, 2.75) is 32.3 Å². The van der Waals surface area contributed by atoms with Gasteiger partial charge in [-0.25, -0.2) is 12.7 Å². The van der Waals surface area contributed by atoms with Crippen LogP contribution in [0.15, 0.2) is 0 Å². The van der Waals surface area contributed by atoms with Gasteiger partial charge in [-0.05, 0) is 26.7 Å². The first kappa shape index (κ1) is 14.9. The van der Waals surface area contributed by atoms with Crippen LogP contribution in [0.25, 0.3) is 0 Å². The number of piperidine rings is 1. The molecule has 0 spiro atoms. The van der Waals surface area contributed by atoms with Crippen molar-refractivity contribution in [2.24, 2.45) is 0 Å². The maximum absolute atomic E-state index is 11.4. The third-order valence-electron chi connectivity index (χ3n) is 2.93. The average Bonchev–Trinajstić information content (AvgIpc) is 2.15. The molecule has 1 heterocycles. The summed E-state index contributed by atoms with van der Waals surface area (Å²) in [5, 5.41) is 0. The van der Waals surface area contributed by atoms with Crippen molar-refractivity contribution in [2.75, 3.05) is 25.1 Å². The predicted molar refractivity (Wildman–Crippen MR) is 64.6 cm³/mol. The summed E-state index contributed by atoms with van der Waals surface area (Å²) in [6.07, 6.45) is 1.93. The molecule has 0 amide bonds. The van der Waals surface area contributed by atoms with E-state index in [1.807, 2.05) is 0 Å². The molecular weight excluding hydrogens is 266 g/mol. The summed E-state index contributed by atoms with van der Waals surface area (Å²) in [4.78, 5) is 0. The third kappa shape index (κ3) is 4.20. The fourth-order valence-corrected chi connectivity index (χ4v) is 3.48. The lowest BCUT2D eigenvalue weighted by atomic mass is 9.95. The molecule has 1 aliphatic heterocycles.